The molecule has 0 aromatic heterocycles. The first-order valence-electron chi connectivity index (χ1n) is 6.33. The number of nitriles is 1. The van der Waals surface area contributed by atoms with Crippen molar-refractivity contribution >= 4 is 21.6 Å². The number of hydrogen-bond acceptors (Lipinski definition) is 4. The van der Waals surface area contributed by atoms with Crippen LogP contribution in [-0.2, 0) is 10.0 Å². The van der Waals surface area contributed by atoms with E-state index in [1.54, 1.807) is 0 Å². The zero-order valence-corrected chi connectivity index (χ0v) is 12.7. The quantitative estimate of drug-likeness (QED) is 0.916. The monoisotopic (exact) mass is 313 g/mol. The van der Waals surface area contributed by atoms with Crippen LogP contribution in [0.15, 0.2) is 23.1 Å². The largest absolute Gasteiger partial charge is 0.302 e. The van der Waals surface area contributed by atoms with E-state index in [4.69, 9.17) is 16.9 Å². The van der Waals surface area contributed by atoms with Crippen LogP contribution in [0.5, 0.6) is 0 Å². The highest BCUT2D eigenvalue weighted by Gasteiger charge is 2.24. The van der Waals surface area contributed by atoms with Gasteiger partial charge in [0.1, 0.15) is 4.90 Å². The summed E-state index contributed by atoms with van der Waals surface area (Å²) in [5.74, 6) is 0. The average molecular weight is 314 g/mol. The molecule has 0 amide bonds. The van der Waals surface area contributed by atoms with Crippen LogP contribution in [0, 0.1) is 11.3 Å². The fraction of sp³-hybridized carbons (Fsp3) is 0.462. The Labute approximate surface area is 124 Å². The average Bonchev–Trinajstić information content (AvgIpc) is 2.82. The van der Waals surface area contributed by atoms with E-state index in [1.165, 1.54) is 18.2 Å². The minimum atomic E-state index is -3.69. The van der Waals surface area contributed by atoms with Gasteiger partial charge in [0, 0.05) is 12.6 Å². The van der Waals surface area contributed by atoms with E-state index in [2.05, 4.69) is 9.62 Å². The molecule has 1 atom stereocenters. The molecule has 108 valence electrons. The number of rotatable bonds is 4. The highest BCUT2D eigenvalue weighted by molar-refractivity contribution is 7.89. The fourth-order valence-electron chi connectivity index (χ4n) is 2.30. The van der Waals surface area contributed by atoms with Gasteiger partial charge in [-0.2, -0.15) is 5.26 Å². The zero-order chi connectivity index (χ0) is 14.8. The molecule has 1 N–H and O–H groups in total. The van der Waals surface area contributed by atoms with Gasteiger partial charge in [0.25, 0.3) is 0 Å². The van der Waals surface area contributed by atoms with E-state index in [0.29, 0.717) is 6.54 Å². The van der Waals surface area contributed by atoms with Crippen LogP contribution >= 0.6 is 11.6 Å². The second kappa shape index (κ2) is 6.10. The first kappa shape index (κ1) is 15.3. The molecule has 1 fully saturated rings. The smallest absolute Gasteiger partial charge is 0.242 e. The second-order valence-electron chi connectivity index (χ2n) is 4.89. The molecular formula is C13H16ClN3O2S. The minimum Gasteiger partial charge on any atom is -0.302 e. The van der Waals surface area contributed by atoms with Crippen molar-refractivity contribution in [1.82, 2.24) is 9.62 Å². The van der Waals surface area contributed by atoms with Crippen molar-refractivity contribution in [1.29, 1.82) is 5.26 Å². The molecule has 1 aliphatic heterocycles. The maximum absolute atomic E-state index is 12.3. The number of halogens is 1. The summed E-state index contributed by atoms with van der Waals surface area (Å²) in [5, 5.41) is 8.96. The predicted molar refractivity (Wildman–Crippen MR) is 77.0 cm³/mol. The van der Waals surface area contributed by atoms with E-state index in [1.807, 2.05) is 13.1 Å². The molecule has 2 rings (SSSR count). The predicted octanol–water partition coefficient (Wildman–Crippen LogP) is 1.58. The molecule has 0 bridgehead atoms. The summed E-state index contributed by atoms with van der Waals surface area (Å²) < 4.78 is 27.1. The van der Waals surface area contributed by atoms with E-state index >= 15 is 0 Å². The Morgan fingerprint density at radius 1 is 1.55 bits per heavy atom. The lowest BCUT2D eigenvalue weighted by Crippen LogP contribution is -2.38. The molecule has 1 unspecified atom stereocenters. The summed E-state index contributed by atoms with van der Waals surface area (Å²) in [7, 11) is -1.71. The third-order valence-electron chi connectivity index (χ3n) is 3.53. The van der Waals surface area contributed by atoms with Gasteiger partial charge in [-0.05, 0) is 44.6 Å². The first-order valence-corrected chi connectivity index (χ1v) is 8.20. The van der Waals surface area contributed by atoms with Crippen molar-refractivity contribution in [2.75, 3.05) is 20.1 Å². The zero-order valence-electron chi connectivity index (χ0n) is 11.1. The van der Waals surface area contributed by atoms with Crippen LogP contribution in [0.25, 0.3) is 0 Å². The fourth-order valence-corrected chi connectivity index (χ4v) is 3.90. The molecule has 20 heavy (non-hydrogen) atoms. The van der Waals surface area contributed by atoms with Gasteiger partial charge in [-0.15, -0.1) is 0 Å². The summed E-state index contributed by atoms with van der Waals surface area (Å²) in [6.07, 6.45) is 2.05. The summed E-state index contributed by atoms with van der Waals surface area (Å²) in [5.41, 5.74) is 0.271. The van der Waals surface area contributed by atoms with Crippen LogP contribution in [-0.4, -0.2) is 39.5 Å². The summed E-state index contributed by atoms with van der Waals surface area (Å²) >= 11 is 5.92. The Bertz CT molecular complexity index is 640. The van der Waals surface area contributed by atoms with E-state index < -0.39 is 10.0 Å². The van der Waals surface area contributed by atoms with Crippen LogP contribution in [0.3, 0.4) is 0 Å². The molecule has 0 spiro atoms. The summed E-state index contributed by atoms with van der Waals surface area (Å²) in [6, 6.07) is 6.34. The third-order valence-corrected chi connectivity index (χ3v) is 5.44. The van der Waals surface area contributed by atoms with Crippen molar-refractivity contribution < 1.29 is 8.42 Å². The number of nitrogens with zero attached hydrogens (tertiary/aromatic N) is 2. The summed E-state index contributed by atoms with van der Waals surface area (Å²) in [6.45, 7) is 1.34. The molecule has 1 aromatic carbocycles. The van der Waals surface area contributed by atoms with Gasteiger partial charge in [-0.25, -0.2) is 13.1 Å². The molecule has 1 saturated heterocycles. The van der Waals surface area contributed by atoms with E-state index in [9.17, 15) is 8.42 Å². The van der Waals surface area contributed by atoms with Crippen molar-refractivity contribution in [3.63, 3.8) is 0 Å². The SMILES string of the molecule is CN1CCCC1CNS(=O)(=O)c1cc(C#N)ccc1Cl. The van der Waals surface area contributed by atoms with Gasteiger partial charge in [-0.3, -0.25) is 0 Å². The molecule has 1 heterocycles. The number of hydrogen-bond donors (Lipinski definition) is 1. The van der Waals surface area contributed by atoms with Crippen LogP contribution < -0.4 is 4.72 Å². The Morgan fingerprint density at radius 3 is 2.90 bits per heavy atom. The summed E-state index contributed by atoms with van der Waals surface area (Å²) in [4.78, 5) is 2.09. The van der Waals surface area contributed by atoms with Crippen molar-refractivity contribution in [3.8, 4) is 6.07 Å². The van der Waals surface area contributed by atoms with Gasteiger partial charge in [-0.1, -0.05) is 11.6 Å². The van der Waals surface area contributed by atoms with Crippen LogP contribution in [0.2, 0.25) is 5.02 Å². The molecular weight excluding hydrogens is 298 g/mol. The molecule has 5 nitrogen and oxygen atoms in total. The number of benzene rings is 1. The number of nitrogens with one attached hydrogen (secondary N) is 1. The maximum atomic E-state index is 12.3. The van der Waals surface area contributed by atoms with Gasteiger partial charge >= 0.3 is 0 Å². The molecule has 0 aliphatic carbocycles. The molecule has 1 aliphatic rings. The first-order chi connectivity index (χ1) is 9.44. The number of likely N-dealkylation sites (N-methyl/N-ethyl adjacent to an activating group) is 1. The van der Waals surface area contributed by atoms with Gasteiger partial charge in [0.2, 0.25) is 10.0 Å². The van der Waals surface area contributed by atoms with Crippen LogP contribution in [0.1, 0.15) is 18.4 Å². The molecule has 1 aromatic rings. The third kappa shape index (κ3) is 3.30. The lowest BCUT2D eigenvalue weighted by Gasteiger charge is -2.19. The standard InChI is InChI=1S/C13H16ClN3O2S/c1-17-6-2-3-11(17)9-16-20(18,19)13-7-10(8-15)4-5-12(13)14/h4-5,7,11,16H,2-3,6,9H2,1H3. The minimum absolute atomic E-state index is 0.0427. The van der Waals surface area contributed by atoms with Crippen molar-refractivity contribution in [3.05, 3.63) is 28.8 Å². The lowest BCUT2D eigenvalue weighted by molar-refractivity contribution is 0.311. The normalized spacial score (nSPS) is 19.9. The Balaban J connectivity index is 2.16. The maximum Gasteiger partial charge on any atom is 0.242 e. The van der Waals surface area contributed by atoms with Gasteiger partial charge in [0.15, 0.2) is 0 Å². The van der Waals surface area contributed by atoms with Gasteiger partial charge in [0.05, 0.1) is 16.7 Å². The Morgan fingerprint density at radius 2 is 2.30 bits per heavy atom. The Hall–Kier alpha value is -1.13. The molecule has 0 saturated carbocycles. The van der Waals surface area contributed by atoms with Crippen LogP contribution in [0.4, 0.5) is 0 Å². The Kier molecular flexibility index (Phi) is 4.66. The van der Waals surface area contributed by atoms with E-state index in [0.717, 1.165) is 19.4 Å². The number of sulfonamides is 1. The lowest BCUT2D eigenvalue weighted by atomic mass is 10.2. The van der Waals surface area contributed by atoms with E-state index in [-0.39, 0.29) is 21.5 Å². The number of likely N-dealkylation sites (tertiary alicyclic amines) is 1. The van der Waals surface area contributed by atoms with Crippen molar-refractivity contribution in [2.45, 2.75) is 23.8 Å². The molecule has 7 heteroatoms. The van der Waals surface area contributed by atoms with Crippen molar-refractivity contribution in [2.24, 2.45) is 0 Å². The topological polar surface area (TPSA) is 73.2 Å². The van der Waals surface area contributed by atoms with Gasteiger partial charge < -0.3 is 4.90 Å². The molecule has 0 radical (unpaired) electrons. The second-order valence-corrected chi connectivity index (χ2v) is 7.03. The highest BCUT2D eigenvalue weighted by Crippen LogP contribution is 2.23. The highest BCUT2D eigenvalue weighted by atomic mass is 35.5.